The number of hydrogen-bond acceptors (Lipinski definition) is 6. The number of likely N-dealkylation sites (tertiary alicyclic amines) is 1. The molecule has 0 N–H and O–H groups in total. The molecule has 6 heteroatoms. The molecule has 6 nitrogen and oxygen atoms in total. The highest BCUT2D eigenvalue weighted by Crippen LogP contribution is 2.20. The molecular weight excluding hydrogens is 258 g/mol. The van der Waals surface area contributed by atoms with Crippen LogP contribution >= 0.6 is 0 Å². The fourth-order valence-corrected chi connectivity index (χ4v) is 2.49. The molecule has 0 radical (unpaired) electrons. The van der Waals surface area contributed by atoms with Gasteiger partial charge >= 0.3 is 5.97 Å². The first-order valence-electron chi connectivity index (χ1n) is 7.32. The standard InChI is InChI=1S/C14H23N3O3/c1-4-19-14(18)11-6-5-7-17(11)9-12-15-13(20-16-12)8-10(2)3/h10-11H,4-9H2,1-3H3. The van der Waals surface area contributed by atoms with Gasteiger partial charge in [-0.3, -0.25) is 9.69 Å². The Morgan fingerprint density at radius 3 is 3.05 bits per heavy atom. The molecule has 1 fully saturated rings. The van der Waals surface area contributed by atoms with Gasteiger partial charge in [-0.05, 0) is 32.2 Å². The maximum Gasteiger partial charge on any atom is 0.323 e. The Morgan fingerprint density at radius 2 is 2.35 bits per heavy atom. The average Bonchev–Trinajstić information content (AvgIpc) is 2.99. The van der Waals surface area contributed by atoms with Gasteiger partial charge in [0.25, 0.3) is 0 Å². The van der Waals surface area contributed by atoms with Crippen LogP contribution < -0.4 is 0 Å². The van der Waals surface area contributed by atoms with E-state index in [1.165, 1.54) is 0 Å². The molecule has 112 valence electrons. The molecule has 1 aromatic rings. The largest absolute Gasteiger partial charge is 0.465 e. The molecule has 2 rings (SSSR count). The summed E-state index contributed by atoms with van der Waals surface area (Å²) in [4.78, 5) is 18.3. The Hall–Kier alpha value is -1.43. The first-order valence-corrected chi connectivity index (χ1v) is 7.32. The monoisotopic (exact) mass is 281 g/mol. The van der Waals surface area contributed by atoms with Gasteiger partial charge < -0.3 is 9.26 Å². The summed E-state index contributed by atoms with van der Waals surface area (Å²) >= 11 is 0. The minimum atomic E-state index is -0.165. The molecule has 1 aliphatic heterocycles. The zero-order chi connectivity index (χ0) is 14.5. The molecule has 0 aromatic carbocycles. The van der Waals surface area contributed by atoms with Crippen LogP contribution in [0.25, 0.3) is 0 Å². The van der Waals surface area contributed by atoms with Crippen molar-refractivity contribution in [2.75, 3.05) is 13.2 Å². The van der Waals surface area contributed by atoms with Gasteiger partial charge in [0, 0.05) is 6.42 Å². The summed E-state index contributed by atoms with van der Waals surface area (Å²) in [5, 5.41) is 3.99. The highest BCUT2D eigenvalue weighted by molar-refractivity contribution is 5.76. The van der Waals surface area contributed by atoms with Gasteiger partial charge in [-0.2, -0.15) is 4.98 Å². The van der Waals surface area contributed by atoms with Gasteiger partial charge in [0.05, 0.1) is 13.2 Å². The van der Waals surface area contributed by atoms with E-state index in [9.17, 15) is 4.79 Å². The lowest BCUT2D eigenvalue weighted by Crippen LogP contribution is -2.37. The van der Waals surface area contributed by atoms with E-state index >= 15 is 0 Å². The number of nitrogens with zero attached hydrogens (tertiary/aromatic N) is 3. The van der Waals surface area contributed by atoms with Gasteiger partial charge in [0.15, 0.2) is 5.82 Å². The predicted molar refractivity (Wildman–Crippen MR) is 72.9 cm³/mol. The van der Waals surface area contributed by atoms with Crippen LogP contribution in [-0.4, -0.2) is 40.2 Å². The first-order chi connectivity index (χ1) is 9.60. The molecule has 1 aromatic heterocycles. The maximum absolute atomic E-state index is 11.9. The van der Waals surface area contributed by atoms with Crippen LogP contribution in [0.15, 0.2) is 4.52 Å². The fourth-order valence-electron chi connectivity index (χ4n) is 2.49. The number of rotatable bonds is 6. The normalized spacial score (nSPS) is 19.7. The third kappa shape index (κ3) is 3.79. The number of carbonyl (C=O) groups is 1. The van der Waals surface area contributed by atoms with E-state index in [4.69, 9.17) is 9.26 Å². The van der Waals surface area contributed by atoms with Crippen LogP contribution in [-0.2, 0) is 22.5 Å². The van der Waals surface area contributed by atoms with Crippen LogP contribution in [0, 0.1) is 5.92 Å². The second-order valence-corrected chi connectivity index (χ2v) is 5.58. The Kier molecular flexibility index (Phi) is 5.11. The number of hydrogen-bond donors (Lipinski definition) is 0. The Labute approximate surface area is 119 Å². The van der Waals surface area contributed by atoms with Crippen molar-refractivity contribution in [3.8, 4) is 0 Å². The number of aromatic nitrogens is 2. The fraction of sp³-hybridized carbons (Fsp3) is 0.786. The van der Waals surface area contributed by atoms with Crippen molar-refractivity contribution in [3.05, 3.63) is 11.7 Å². The summed E-state index contributed by atoms with van der Waals surface area (Å²) in [6.45, 7) is 7.89. The number of ether oxygens (including phenoxy) is 1. The zero-order valence-corrected chi connectivity index (χ0v) is 12.5. The molecule has 1 unspecified atom stereocenters. The minimum absolute atomic E-state index is 0.143. The lowest BCUT2D eigenvalue weighted by atomic mass is 10.1. The van der Waals surface area contributed by atoms with Crippen molar-refractivity contribution in [1.29, 1.82) is 0 Å². The van der Waals surface area contributed by atoms with Gasteiger partial charge in [-0.1, -0.05) is 19.0 Å². The van der Waals surface area contributed by atoms with E-state index in [1.807, 2.05) is 6.92 Å². The van der Waals surface area contributed by atoms with Crippen LogP contribution in [0.3, 0.4) is 0 Å². The van der Waals surface area contributed by atoms with E-state index in [1.54, 1.807) is 0 Å². The van der Waals surface area contributed by atoms with Gasteiger partial charge in [0.1, 0.15) is 6.04 Å². The Morgan fingerprint density at radius 1 is 1.55 bits per heavy atom. The first kappa shape index (κ1) is 15.0. The highest BCUT2D eigenvalue weighted by atomic mass is 16.5. The minimum Gasteiger partial charge on any atom is -0.465 e. The summed E-state index contributed by atoms with van der Waals surface area (Å²) in [5.74, 6) is 1.66. The van der Waals surface area contributed by atoms with E-state index < -0.39 is 0 Å². The lowest BCUT2D eigenvalue weighted by Gasteiger charge is -2.20. The summed E-state index contributed by atoms with van der Waals surface area (Å²) in [6.07, 6.45) is 2.63. The second kappa shape index (κ2) is 6.83. The van der Waals surface area contributed by atoms with Crippen molar-refractivity contribution < 1.29 is 14.1 Å². The molecular formula is C14H23N3O3. The number of esters is 1. The summed E-state index contributed by atoms with van der Waals surface area (Å²) in [7, 11) is 0. The summed E-state index contributed by atoms with van der Waals surface area (Å²) in [6, 6.07) is -0.165. The third-order valence-corrected chi connectivity index (χ3v) is 3.36. The average molecular weight is 281 g/mol. The third-order valence-electron chi connectivity index (χ3n) is 3.36. The van der Waals surface area contributed by atoms with E-state index in [0.29, 0.717) is 30.8 Å². The zero-order valence-electron chi connectivity index (χ0n) is 12.5. The smallest absolute Gasteiger partial charge is 0.323 e. The topological polar surface area (TPSA) is 68.5 Å². The molecule has 0 aliphatic carbocycles. The maximum atomic E-state index is 11.9. The van der Waals surface area contributed by atoms with Crippen molar-refractivity contribution >= 4 is 5.97 Å². The van der Waals surface area contributed by atoms with Gasteiger partial charge in [-0.15, -0.1) is 0 Å². The molecule has 0 bridgehead atoms. The quantitative estimate of drug-likeness (QED) is 0.741. The van der Waals surface area contributed by atoms with Crippen molar-refractivity contribution in [2.24, 2.45) is 5.92 Å². The molecule has 0 amide bonds. The number of carbonyl (C=O) groups excluding carboxylic acids is 1. The SMILES string of the molecule is CCOC(=O)C1CCCN1Cc1noc(CC(C)C)n1. The predicted octanol–water partition coefficient (Wildman–Crippen LogP) is 1.80. The van der Waals surface area contributed by atoms with Crippen LogP contribution in [0.5, 0.6) is 0 Å². The molecule has 20 heavy (non-hydrogen) atoms. The lowest BCUT2D eigenvalue weighted by molar-refractivity contribution is -0.148. The van der Waals surface area contributed by atoms with Crippen molar-refractivity contribution in [3.63, 3.8) is 0 Å². The molecule has 1 atom stereocenters. The van der Waals surface area contributed by atoms with Crippen molar-refractivity contribution in [1.82, 2.24) is 15.0 Å². The molecule has 1 saturated heterocycles. The molecule has 1 aliphatic rings. The highest BCUT2D eigenvalue weighted by Gasteiger charge is 2.32. The molecule has 0 saturated carbocycles. The Balaban J connectivity index is 1.94. The van der Waals surface area contributed by atoms with E-state index in [2.05, 4.69) is 28.9 Å². The van der Waals surface area contributed by atoms with Crippen LogP contribution in [0.4, 0.5) is 0 Å². The van der Waals surface area contributed by atoms with Gasteiger partial charge in [-0.25, -0.2) is 0 Å². The summed E-state index contributed by atoms with van der Waals surface area (Å²) < 4.78 is 10.3. The second-order valence-electron chi connectivity index (χ2n) is 5.58. The molecule has 0 spiro atoms. The Bertz CT molecular complexity index is 445. The molecule has 2 heterocycles. The van der Waals surface area contributed by atoms with Crippen LogP contribution in [0.1, 0.15) is 45.3 Å². The van der Waals surface area contributed by atoms with Crippen molar-refractivity contribution in [2.45, 2.75) is 52.6 Å². The van der Waals surface area contributed by atoms with Crippen LogP contribution in [0.2, 0.25) is 0 Å². The van der Waals surface area contributed by atoms with E-state index in [0.717, 1.165) is 25.8 Å². The van der Waals surface area contributed by atoms with Gasteiger partial charge in [0.2, 0.25) is 5.89 Å². The summed E-state index contributed by atoms with van der Waals surface area (Å²) in [5.41, 5.74) is 0. The van der Waals surface area contributed by atoms with E-state index in [-0.39, 0.29) is 12.0 Å².